The first-order valence-corrected chi connectivity index (χ1v) is 20.0. The van der Waals surface area contributed by atoms with Crippen molar-refractivity contribution in [2.45, 2.75) is 115 Å². The van der Waals surface area contributed by atoms with Gasteiger partial charge in [-0.2, -0.15) is 0 Å². The first kappa shape index (κ1) is 41.7. The molecule has 3 aromatic rings. The third kappa shape index (κ3) is 12.0. The third-order valence-electron chi connectivity index (χ3n) is 10.5. The van der Waals surface area contributed by atoms with Gasteiger partial charge in [-0.15, -0.1) is 0 Å². The van der Waals surface area contributed by atoms with Crippen LogP contribution in [0.1, 0.15) is 103 Å². The molecular formula is C40H57ClN8O6. The number of rotatable bonds is 18. The number of alkyl carbamates (subject to hydrolysis) is 1. The molecule has 0 radical (unpaired) electrons. The Kier molecular flexibility index (Phi) is 15.1. The highest BCUT2D eigenvalue weighted by atomic mass is 35.5. The lowest BCUT2D eigenvalue weighted by atomic mass is 9.83. The number of aromatic amines is 1. The zero-order valence-electron chi connectivity index (χ0n) is 32.3. The molecular weight excluding hydrogens is 724 g/mol. The monoisotopic (exact) mass is 780 g/mol. The van der Waals surface area contributed by atoms with Gasteiger partial charge in [0.2, 0.25) is 18.2 Å². The molecule has 300 valence electrons. The van der Waals surface area contributed by atoms with Crippen LogP contribution in [0.3, 0.4) is 0 Å². The second-order valence-corrected chi connectivity index (χ2v) is 16.1. The number of nitrogens with zero attached hydrogens (tertiary/aromatic N) is 3. The smallest absolute Gasteiger partial charge is 0.408 e. The first-order chi connectivity index (χ1) is 26.5. The van der Waals surface area contributed by atoms with Crippen molar-refractivity contribution in [1.82, 2.24) is 36.2 Å². The molecule has 2 atom stereocenters. The van der Waals surface area contributed by atoms with E-state index in [9.17, 15) is 19.2 Å². The highest BCUT2D eigenvalue weighted by Crippen LogP contribution is 2.31. The number of ether oxygens (including phenoxy) is 2. The van der Waals surface area contributed by atoms with E-state index in [-0.39, 0.29) is 17.7 Å². The molecule has 4 amide bonds. The van der Waals surface area contributed by atoms with Gasteiger partial charge in [0.05, 0.1) is 11.4 Å². The minimum absolute atomic E-state index is 0.108. The number of hydrogen-bond donors (Lipinski definition) is 5. The molecule has 3 heterocycles. The lowest BCUT2D eigenvalue weighted by Crippen LogP contribution is -2.64. The standard InChI is InChI=1S/C40H57ClN8O6/c1-39(2,3)55-38(53)48-40(18-22-49(23-19-40)35-31-16-21-42-34(31)44-26-45-35)37(52)47-32(28-12-14-30(41)15-13-28)17-25-54-24-9-5-8-20-43-36(51)33(46-27-50)29-10-6-4-7-11-29/h12-16,21,26-27,29,32-33H,4-11,17-20,22-25H2,1-3H3,(H,43,51)(H,46,50)(H,47,52)(H,48,53)(H,42,44,45)/t32-,33?/m0/s1. The van der Waals surface area contributed by atoms with E-state index in [1.165, 1.54) is 12.7 Å². The van der Waals surface area contributed by atoms with Crippen molar-refractivity contribution in [3.63, 3.8) is 0 Å². The van der Waals surface area contributed by atoms with Crippen LogP contribution >= 0.6 is 11.6 Å². The number of H-pyrrole nitrogens is 1. The average Bonchev–Trinajstić information content (AvgIpc) is 3.65. The summed E-state index contributed by atoms with van der Waals surface area (Å²) in [4.78, 5) is 65.6. The number of nitrogens with one attached hydrogen (secondary N) is 5. The lowest BCUT2D eigenvalue weighted by molar-refractivity contribution is -0.129. The maximum atomic E-state index is 14.4. The molecule has 5 rings (SSSR count). The Balaban J connectivity index is 1.15. The lowest BCUT2D eigenvalue weighted by Gasteiger charge is -2.42. The number of benzene rings is 1. The minimum Gasteiger partial charge on any atom is -0.444 e. The summed E-state index contributed by atoms with van der Waals surface area (Å²) < 4.78 is 11.6. The minimum atomic E-state index is -1.23. The van der Waals surface area contributed by atoms with Gasteiger partial charge in [0.25, 0.3) is 0 Å². The average molecular weight is 781 g/mol. The van der Waals surface area contributed by atoms with Crippen molar-refractivity contribution in [2.24, 2.45) is 5.92 Å². The number of piperidine rings is 1. The van der Waals surface area contributed by atoms with Crippen LogP contribution in [-0.4, -0.2) is 89.3 Å². The van der Waals surface area contributed by atoms with E-state index in [0.717, 1.165) is 67.4 Å². The number of aromatic nitrogens is 3. The molecule has 1 aromatic carbocycles. The van der Waals surface area contributed by atoms with E-state index in [0.29, 0.717) is 63.5 Å². The summed E-state index contributed by atoms with van der Waals surface area (Å²) in [6.07, 6.45) is 12.2. The van der Waals surface area contributed by atoms with Crippen molar-refractivity contribution in [3.05, 3.63) is 53.4 Å². The Morgan fingerprint density at radius 3 is 2.47 bits per heavy atom. The molecule has 2 fully saturated rings. The van der Waals surface area contributed by atoms with Crippen molar-refractivity contribution in [3.8, 4) is 0 Å². The van der Waals surface area contributed by atoms with Gasteiger partial charge in [-0.05, 0) is 102 Å². The number of unbranched alkanes of at least 4 members (excludes halogenated alkanes) is 2. The Bertz CT molecular complexity index is 1700. The molecule has 5 N–H and O–H groups in total. The maximum absolute atomic E-state index is 14.4. The van der Waals surface area contributed by atoms with Gasteiger partial charge >= 0.3 is 6.09 Å². The number of hydrogen-bond acceptors (Lipinski definition) is 9. The van der Waals surface area contributed by atoms with Crippen molar-refractivity contribution in [1.29, 1.82) is 0 Å². The Labute approximate surface area is 328 Å². The summed E-state index contributed by atoms with van der Waals surface area (Å²) in [7, 11) is 0. The normalized spacial score (nSPS) is 17.2. The summed E-state index contributed by atoms with van der Waals surface area (Å²) in [6.45, 7) is 7.77. The molecule has 1 saturated carbocycles. The topological polar surface area (TPSA) is 180 Å². The largest absolute Gasteiger partial charge is 0.444 e. The van der Waals surface area contributed by atoms with Crippen molar-refractivity contribution >= 4 is 52.8 Å². The van der Waals surface area contributed by atoms with Gasteiger partial charge in [0, 0.05) is 44.1 Å². The summed E-state index contributed by atoms with van der Waals surface area (Å²) in [5, 5.41) is 13.4. The van der Waals surface area contributed by atoms with Gasteiger partial charge in [-0.1, -0.05) is 43.0 Å². The van der Waals surface area contributed by atoms with Gasteiger partial charge in [-0.25, -0.2) is 14.8 Å². The predicted octanol–water partition coefficient (Wildman–Crippen LogP) is 5.72. The molecule has 2 aliphatic rings. The second-order valence-electron chi connectivity index (χ2n) is 15.6. The highest BCUT2D eigenvalue weighted by Gasteiger charge is 2.45. The van der Waals surface area contributed by atoms with Gasteiger partial charge in [-0.3, -0.25) is 14.4 Å². The zero-order chi connectivity index (χ0) is 39.3. The maximum Gasteiger partial charge on any atom is 0.408 e. The summed E-state index contributed by atoms with van der Waals surface area (Å²) in [5.41, 5.74) is -0.375. The van der Waals surface area contributed by atoms with E-state index in [4.69, 9.17) is 21.1 Å². The van der Waals surface area contributed by atoms with Crippen LogP contribution in [-0.2, 0) is 23.9 Å². The van der Waals surface area contributed by atoms with Crippen LogP contribution in [0.5, 0.6) is 0 Å². The van der Waals surface area contributed by atoms with Crippen LogP contribution in [0.4, 0.5) is 10.6 Å². The molecule has 2 aromatic heterocycles. The SMILES string of the molecule is CC(C)(C)OC(=O)NC1(C(=O)N[C@@H](CCOCCCCCNC(=O)C(NC=O)C2CCCCC2)c2ccc(Cl)cc2)CCN(c2ncnc3[nH]ccc23)CC1. The number of amides is 4. The van der Waals surface area contributed by atoms with Crippen LogP contribution < -0.4 is 26.2 Å². The molecule has 0 spiro atoms. The van der Waals surface area contributed by atoms with Crippen LogP contribution in [0, 0.1) is 5.92 Å². The van der Waals surface area contributed by atoms with Gasteiger partial charge in [0.15, 0.2) is 0 Å². The van der Waals surface area contributed by atoms with E-state index in [2.05, 4.69) is 41.1 Å². The fourth-order valence-corrected chi connectivity index (χ4v) is 7.66. The van der Waals surface area contributed by atoms with Crippen molar-refractivity contribution in [2.75, 3.05) is 37.7 Å². The summed E-state index contributed by atoms with van der Waals surface area (Å²) in [6, 6.07) is 8.41. The number of halogens is 1. The zero-order valence-corrected chi connectivity index (χ0v) is 33.1. The number of fused-ring (bicyclic) bond motifs is 1. The van der Waals surface area contributed by atoms with Gasteiger partial charge in [0.1, 0.15) is 35.0 Å². The third-order valence-corrected chi connectivity index (χ3v) is 10.7. The Hall–Kier alpha value is -4.43. The van der Waals surface area contributed by atoms with E-state index in [1.807, 2.05) is 24.4 Å². The fourth-order valence-electron chi connectivity index (χ4n) is 7.53. The van der Waals surface area contributed by atoms with Crippen LogP contribution in [0.25, 0.3) is 11.0 Å². The van der Waals surface area contributed by atoms with Crippen LogP contribution in [0.2, 0.25) is 5.02 Å². The fraction of sp³-hybridized carbons (Fsp3) is 0.600. The number of carbonyl (C=O) groups is 4. The first-order valence-electron chi connectivity index (χ1n) is 19.6. The molecule has 55 heavy (non-hydrogen) atoms. The van der Waals surface area contributed by atoms with Crippen molar-refractivity contribution < 1.29 is 28.7 Å². The van der Waals surface area contributed by atoms with Crippen LogP contribution in [0.15, 0.2) is 42.9 Å². The second kappa shape index (κ2) is 19.9. The number of carbonyl (C=O) groups excluding carboxylic acids is 4. The van der Waals surface area contributed by atoms with Gasteiger partial charge < -0.3 is 40.6 Å². The molecule has 14 nitrogen and oxygen atoms in total. The highest BCUT2D eigenvalue weighted by molar-refractivity contribution is 6.30. The molecule has 1 unspecified atom stereocenters. The molecule has 0 bridgehead atoms. The van der Waals surface area contributed by atoms with E-state index in [1.54, 1.807) is 32.9 Å². The summed E-state index contributed by atoms with van der Waals surface area (Å²) in [5.74, 6) is 0.556. The predicted molar refractivity (Wildman–Crippen MR) is 212 cm³/mol. The molecule has 1 saturated heterocycles. The molecule has 15 heteroatoms. The number of anilines is 1. The Morgan fingerprint density at radius 2 is 1.76 bits per heavy atom. The molecule has 1 aliphatic heterocycles. The molecule has 1 aliphatic carbocycles. The van der Waals surface area contributed by atoms with E-state index < -0.39 is 29.3 Å². The van der Waals surface area contributed by atoms with E-state index >= 15 is 0 Å². The summed E-state index contributed by atoms with van der Waals surface area (Å²) >= 11 is 6.22. The quantitative estimate of drug-likeness (QED) is 0.0798. The Morgan fingerprint density at radius 1 is 1.02 bits per heavy atom.